The van der Waals surface area contributed by atoms with E-state index in [1.165, 1.54) is 17.7 Å². The number of aliphatic hydroxyl groups is 1. The van der Waals surface area contributed by atoms with Gasteiger partial charge in [0, 0.05) is 0 Å². The molecule has 0 aliphatic rings. The highest BCUT2D eigenvalue weighted by Crippen LogP contribution is 2.31. The molecular formula is C18H19F3O. The third-order valence-corrected chi connectivity index (χ3v) is 3.85. The fraction of sp³-hybridized carbons (Fsp3) is 0.333. The van der Waals surface area contributed by atoms with Crippen LogP contribution in [0, 0.1) is 5.92 Å². The van der Waals surface area contributed by atoms with Gasteiger partial charge in [-0.05, 0) is 42.0 Å². The molecule has 2 aromatic rings. The largest absolute Gasteiger partial charge is 0.416 e. The first kappa shape index (κ1) is 16.6. The van der Waals surface area contributed by atoms with Crippen LogP contribution in [0.3, 0.4) is 0 Å². The average molecular weight is 308 g/mol. The van der Waals surface area contributed by atoms with E-state index >= 15 is 0 Å². The van der Waals surface area contributed by atoms with Crippen LogP contribution < -0.4 is 0 Å². The summed E-state index contributed by atoms with van der Waals surface area (Å²) < 4.78 is 37.6. The third kappa shape index (κ3) is 4.34. The van der Waals surface area contributed by atoms with Crippen molar-refractivity contribution in [3.63, 3.8) is 0 Å². The molecule has 0 heterocycles. The molecule has 2 unspecified atom stereocenters. The molecule has 4 heteroatoms. The Morgan fingerprint density at radius 1 is 0.955 bits per heavy atom. The summed E-state index contributed by atoms with van der Waals surface area (Å²) in [5.41, 5.74) is 1.02. The van der Waals surface area contributed by atoms with E-state index in [1.807, 2.05) is 37.3 Å². The summed E-state index contributed by atoms with van der Waals surface area (Å²) in [5, 5.41) is 10.3. The van der Waals surface area contributed by atoms with Gasteiger partial charge < -0.3 is 5.11 Å². The lowest BCUT2D eigenvalue weighted by atomic mass is 9.91. The lowest BCUT2D eigenvalue weighted by molar-refractivity contribution is -0.137. The smallest absolute Gasteiger partial charge is 0.388 e. The van der Waals surface area contributed by atoms with Crippen LogP contribution in [-0.4, -0.2) is 5.11 Å². The van der Waals surface area contributed by atoms with Crippen LogP contribution >= 0.6 is 0 Å². The quantitative estimate of drug-likeness (QED) is 0.823. The molecule has 118 valence electrons. The number of hydrogen-bond donors (Lipinski definition) is 1. The van der Waals surface area contributed by atoms with Gasteiger partial charge >= 0.3 is 6.18 Å². The average Bonchev–Trinajstić information content (AvgIpc) is 2.52. The van der Waals surface area contributed by atoms with Crippen molar-refractivity contribution in [1.29, 1.82) is 0 Å². The topological polar surface area (TPSA) is 20.2 Å². The van der Waals surface area contributed by atoms with Gasteiger partial charge in [0.25, 0.3) is 0 Å². The minimum absolute atomic E-state index is 0.0306. The molecule has 0 spiro atoms. The summed E-state index contributed by atoms with van der Waals surface area (Å²) in [6, 6.07) is 14.7. The molecule has 0 fully saturated rings. The fourth-order valence-electron chi connectivity index (χ4n) is 2.39. The van der Waals surface area contributed by atoms with Crippen LogP contribution in [0.25, 0.3) is 0 Å². The van der Waals surface area contributed by atoms with E-state index < -0.39 is 17.8 Å². The number of aryl methyl sites for hydroxylation is 1. The lowest BCUT2D eigenvalue weighted by Gasteiger charge is -2.20. The summed E-state index contributed by atoms with van der Waals surface area (Å²) in [6.45, 7) is 1.91. The van der Waals surface area contributed by atoms with Crippen LogP contribution in [0.15, 0.2) is 54.6 Å². The highest BCUT2D eigenvalue weighted by molar-refractivity contribution is 5.26. The van der Waals surface area contributed by atoms with Crippen molar-refractivity contribution in [3.05, 3.63) is 71.3 Å². The van der Waals surface area contributed by atoms with Gasteiger partial charge in [0.2, 0.25) is 0 Å². The Labute approximate surface area is 128 Å². The number of rotatable bonds is 5. The maximum Gasteiger partial charge on any atom is 0.416 e. The zero-order chi connectivity index (χ0) is 16.2. The summed E-state index contributed by atoms with van der Waals surface area (Å²) in [6.07, 6.45) is -3.50. The predicted octanol–water partition coefficient (Wildman–Crippen LogP) is 5.01. The van der Waals surface area contributed by atoms with E-state index in [-0.39, 0.29) is 5.92 Å². The first-order valence-electron chi connectivity index (χ1n) is 7.27. The van der Waals surface area contributed by atoms with Crippen molar-refractivity contribution in [2.24, 2.45) is 5.92 Å². The Morgan fingerprint density at radius 2 is 1.55 bits per heavy atom. The lowest BCUT2D eigenvalue weighted by Crippen LogP contribution is -2.11. The standard InChI is InChI=1S/C18H19F3O/c1-13(7-8-14-5-3-2-4-6-14)17(22)15-9-11-16(12-10-15)18(19,20)21/h2-6,9-13,17,22H,7-8H2,1H3. The second-order valence-corrected chi connectivity index (χ2v) is 5.57. The minimum Gasteiger partial charge on any atom is -0.388 e. The Bertz CT molecular complexity index is 576. The van der Waals surface area contributed by atoms with Gasteiger partial charge in [-0.3, -0.25) is 0 Å². The van der Waals surface area contributed by atoms with Crippen LogP contribution in [0.5, 0.6) is 0 Å². The molecule has 2 rings (SSSR count). The van der Waals surface area contributed by atoms with Gasteiger partial charge in [-0.1, -0.05) is 49.4 Å². The maximum absolute atomic E-state index is 12.5. The molecule has 0 bridgehead atoms. The normalized spacial score (nSPS) is 14.6. The molecule has 1 nitrogen and oxygen atoms in total. The van der Waals surface area contributed by atoms with E-state index in [9.17, 15) is 18.3 Å². The molecule has 0 radical (unpaired) electrons. The summed E-state index contributed by atoms with van der Waals surface area (Å²) in [5.74, 6) is -0.0306. The second-order valence-electron chi connectivity index (χ2n) is 5.57. The predicted molar refractivity (Wildman–Crippen MR) is 80.3 cm³/mol. The van der Waals surface area contributed by atoms with Crippen LogP contribution in [-0.2, 0) is 12.6 Å². The van der Waals surface area contributed by atoms with Gasteiger partial charge in [0.1, 0.15) is 0 Å². The maximum atomic E-state index is 12.5. The summed E-state index contributed by atoms with van der Waals surface area (Å²) in [7, 11) is 0. The van der Waals surface area contributed by atoms with E-state index in [0.717, 1.165) is 25.0 Å². The van der Waals surface area contributed by atoms with E-state index in [2.05, 4.69) is 0 Å². The molecule has 0 amide bonds. The van der Waals surface area contributed by atoms with Crippen molar-refractivity contribution in [2.45, 2.75) is 32.0 Å². The van der Waals surface area contributed by atoms with Gasteiger partial charge in [0.15, 0.2) is 0 Å². The number of halogens is 3. The highest BCUT2D eigenvalue weighted by atomic mass is 19.4. The highest BCUT2D eigenvalue weighted by Gasteiger charge is 2.30. The zero-order valence-corrected chi connectivity index (χ0v) is 12.3. The van der Waals surface area contributed by atoms with Crippen molar-refractivity contribution in [1.82, 2.24) is 0 Å². The van der Waals surface area contributed by atoms with Crippen molar-refractivity contribution >= 4 is 0 Å². The third-order valence-electron chi connectivity index (χ3n) is 3.85. The molecule has 2 atom stereocenters. The first-order chi connectivity index (χ1) is 10.4. The van der Waals surface area contributed by atoms with Crippen LogP contribution in [0.4, 0.5) is 13.2 Å². The minimum atomic E-state index is -4.34. The monoisotopic (exact) mass is 308 g/mol. The number of hydrogen-bond acceptors (Lipinski definition) is 1. The Kier molecular flexibility index (Phi) is 5.24. The van der Waals surface area contributed by atoms with E-state index in [1.54, 1.807) is 0 Å². The molecular weight excluding hydrogens is 289 g/mol. The molecule has 22 heavy (non-hydrogen) atoms. The molecule has 2 aromatic carbocycles. The van der Waals surface area contributed by atoms with Gasteiger partial charge in [-0.2, -0.15) is 13.2 Å². The molecule has 1 N–H and O–H groups in total. The van der Waals surface area contributed by atoms with Crippen molar-refractivity contribution in [2.75, 3.05) is 0 Å². The number of alkyl halides is 3. The van der Waals surface area contributed by atoms with Gasteiger partial charge in [0.05, 0.1) is 11.7 Å². The molecule has 0 saturated carbocycles. The second kappa shape index (κ2) is 6.97. The SMILES string of the molecule is CC(CCc1ccccc1)C(O)c1ccc(C(F)(F)F)cc1. The summed E-state index contributed by atoms with van der Waals surface area (Å²) in [4.78, 5) is 0. The van der Waals surface area contributed by atoms with Crippen molar-refractivity contribution < 1.29 is 18.3 Å². The Hall–Kier alpha value is -1.81. The van der Waals surface area contributed by atoms with E-state index in [4.69, 9.17) is 0 Å². The van der Waals surface area contributed by atoms with Crippen LogP contribution in [0.2, 0.25) is 0 Å². The van der Waals surface area contributed by atoms with E-state index in [0.29, 0.717) is 5.56 Å². The Balaban J connectivity index is 1.96. The zero-order valence-electron chi connectivity index (χ0n) is 12.3. The fourth-order valence-corrected chi connectivity index (χ4v) is 2.39. The van der Waals surface area contributed by atoms with Crippen molar-refractivity contribution in [3.8, 4) is 0 Å². The molecule has 0 saturated heterocycles. The first-order valence-corrected chi connectivity index (χ1v) is 7.27. The van der Waals surface area contributed by atoms with Gasteiger partial charge in [-0.15, -0.1) is 0 Å². The van der Waals surface area contributed by atoms with Crippen LogP contribution in [0.1, 0.15) is 36.1 Å². The Morgan fingerprint density at radius 3 is 2.09 bits per heavy atom. The van der Waals surface area contributed by atoms with Gasteiger partial charge in [-0.25, -0.2) is 0 Å². The number of aliphatic hydroxyl groups excluding tert-OH is 1. The molecule has 0 aliphatic carbocycles. The summed E-state index contributed by atoms with van der Waals surface area (Å²) >= 11 is 0. The molecule has 0 aliphatic heterocycles. The number of benzene rings is 2. The molecule has 0 aromatic heterocycles.